The van der Waals surface area contributed by atoms with Crippen LogP contribution in [0.3, 0.4) is 0 Å². The second-order valence-corrected chi connectivity index (χ2v) is 7.12. The Morgan fingerprint density at radius 1 is 1.04 bits per heavy atom. The maximum absolute atomic E-state index is 12.9. The Morgan fingerprint density at radius 3 is 2.27 bits per heavy atom. The van der Waals surface area contributed by atoms with Crippen LogP contribution in [0.15, 0.2) is 65.6 Å². The van der Waals surface area contributed by atoms with Crippen LogP contribution in [-0.2, 0) is 16.1 Å². The summed E-state index contributed by atoms with van der Waals surface area (Å²) in [6.45, 7) is 4.85. The van der Waals surface area contributed by atoms with Crippen LogP contribution < -0.4 is 5.32 Å². The van der Waals surface area contributed by atoms with Crippen LogP contribution in [0.4, 0.5) is 0 Å². The van der Waals surface area contributed by atoms with Crippen molar-refractivity contribution in [2.45, 2.75) is 37.8 Å². The van der Waals surface area contributed by atoms with E-state index in [-0.39, 0.29) is 11.8 Å². The standard InChI is InChI=1S/C21H26N2O2S/c1-3-14-22-21(25)17(2)23(15-18-10-6-4-7-11-18)20(24)16-26-19-12-8-5-9-13-19/h4-13,17H,3,14-16H2,1-2H3,(H,22,25)/t17-/m1/s1. The number of amides is 2. The smallest absolute Gasteiger partial charge is 0.242 e. The van der Waals surface area contributed by atoms with Crippen molar-refractivity contribution in [1.82, 2.24) is 10.2 Å². The van der Waals surface area contributed by atoms with Gasteiger partial charge in [0.1, 0.15) is 6.04 Å². The van der Waals surface area contributed by atoms with Gasteiger partial charge in [-0.05, 0) is 31.0 Å². The molecule has 0 radical (unpaired) electrons. The van der Waals surface area contributed by atoms with Gasteiger partial charge in [-0.3, -0.25) is 9.59 Å². The van der Waals surface area contributed by atoms with Crippen molar-refractivity contribution in [3.05, 3.63) is 66.2 Å². The lowest BCUT2D eigenvalue weighted by Crippen LogP contribution is -2.48. The Labute approximate surface area is 160 Å². The van der Waals surface area contributed by atoms with Crippen molar-refractivity contribution >= 4 is 23.6 Å². The van der Waals surface area contributed by atoms with Crippen LogP contribution in [0, 0.1) is 0 Å². The molecule has 138 valence electrons. The maximum atomic E-state index is 12.9. The number of rotatable bonds is 9. The molecule has 2 amide bonds. The van der Waals surface area contributed by atoms with Crippen molar-refractivity contribution in [2.75, 3.05) is 12.3 Å². The number of carbonyl (C=O) groups excluding carboxylic acids is 2. The molecule has 2 aromatic carbocycles. The third-order valence-corrected chi connectivity index (χ3v) is 5.01. The molecule has 1 N–H and O–H groups in total. The second kappa shape index (κ2) is 10.7. The lowest BCUT2D eigenvalue weighted by molar-refractivity contribution is -0.138. The third-order valence-electron chi connectivity index (χ3n) is 4.02. The summed E-state index contributed by atoms with van der Waals surface area (Å²) in [5, 5.41) is 2.89. The Hall–Kier alpha value is -2.27. The van der Waals surface area contributed by atoms with E-state index in [4.69, 9.17) is 0 Å². The summed E-state index contributed by atoms with van der Waals surface area (Å²) in [6, 6.07) is 19.1. The van der Waals surface area contributed by atoms with Crippen molar-refractivity contribution in [2.24, 2.45) is 0 Å². The minimum atomic E-state index is -0.509. The highest BCUT2D eigenvalue weighted by Gasteiger charge is 2.25. The van der Waals surface area contributed by atoms with E-state index in [1.165, 1.54) is 11.8 Å². The predicted molar refractivity (Wildman–Crippen MR) is 107 cm³/mol. The highest BCUT2D eigenvalue weighted by Crippen LogP contribution is 2.19. The van der Waals surface area contributed by atoms with Gasteiger partial charge < -0.3 is 10.2 Å². The first-order valence-corrected chi connectivity index (χ1v) is 9.89. The minimum Gasteiger partial charge on any atom is -0.354 e. The average molecular weight is 371 g/mol. The zero-order chi connectivity index (χ0) is 18.8. The van der Waals surface area contributed by atoms with E-state index < -0.39 is 6.04 Å². The van der Waals surface area contributed by atoms with Gasteiger partial charge in [0.2, 0.25) is 11.8 Å². The highest BCUT2D eigenvalue weighted by atomic mass is 32.2. The summed E-state index contributed by atoms with van der Waals surface area (Å²) in [5.41, 5.74) is 1.01. The number of nitrogens with one attached hydrogen (secondary N) is 1. The molecule has 0 aliphatic rings. The first kappa shape index (κ1) is 20.0. The predicted octanol–water partition coefficient (Wildman–Crippen LogP) is 3.72. The largest absolute Gasteiger partial charge is 0.354 e. The SMILES string of the molecule is CCCNC(=O)[C@@H](C)N(Cc1ccccc1)C(=O)CSc1ccccc1. The van der Waals surface area contributed by atoms with Crippen molar-refractivity contribution in [3.63, 3.8) is 0 Å². The molecule has 2 rings (SSSR count). The van der Waals surface area contributed by atoms with Crippen molar-refractivity contribution in [1.29, 1.82) is 0 Å². The Bertz CT molecular complexity index is 692. The molecule has 0 aliphatic heterocycles. The molecule has 0 aliphatic carbocycles. The quantitative estimate of drug-likeness (QED) is 0.685. The van der Waals surface area contributed by atoms with E-state index in [1.807, 2.05) is 67.6 Å². The van der Waals surface area contributed by atoms with Gasteiger partial charge in [0.05, 0.1) is 5.75 Å². The Balaban J connectivity index is 2.07. The van der Waals surface area contributed by atoms with E-state index in [0.717, 1.165) is 16.9 Å². The Kier molecular flexibility index (Phi) is 8.22. The monoisotopic (exact) mass is 370 g/mol. The fourth-order valence-corrected chi connectivity index (χ4v) is 3.31. The number of nitrogens with zero attached hydrogens (tertiary/aromatic N) is 1. The maximum Gasteiger partial charge on any atom is 0.242 e. The molecule has 26 heavy (non-hydrogen) atoms. The third kappa shape index (κ3) is 6.23. The molecule has 5 heteroatoms. The van der Waals surface area contributed by atoms with Gasteiger partial charge in [-0.2, -0.15) is 0 Å². The molecule has 0 bridgehead atoms. The van der Waals surface area contributed by atoms with Crippen LogP contribution in [0.25, 0.3) is 0 Å². The summed E-state index contributed by atoms with van der Waals surface area (Å²) in [5.74, 6) is 0.158. The molecule has 0 spiro atoms. The molecule has 0 fully saturated rings. The average Bonchev–Trinajstić information content (AvgIpc) is 2.69. The summed E-state index contributed by atoms with van der Waals surface area (Å²) in [4.78, 5) is 28.0. The summed E-state index contributed by atoms with van der Waals surface area (Å²) < 4.78 is 0. The molecular weight excluding hydrogens is 344 g/mol. The fourth-order valence-electron chi connectivity index (χ4n) is 2.50. The van der Waals surface area contributed by atoms with Crippen LogP contribution in [0.5, 0.6) is 0 Å². The first-order chi connectivity index (χ1) is 12.6. The molecule has 2 aromatic rings. The molecular formula is C21H26N2O2S. The molecule has 4 nitrogen and oxygen atoms in total. The van der Waals surface area contributed by atoms with Crippen LogP contribution in [0.2, 0.25) is 0 Å². The number of hydrogen-bond acceptors (Lipinski definition) is 3. The van der Waals surface area contributed by atoms with Crippen molar-refractivity contribution in [3.8, 4) is 0 Å². The van der Waals surface area contributed by atoms with E-state index in [0.29, 0.717) is 18.8 Å². The molecule has 0 saturated heterocycles. The van der Waals surface area contributed by atoms with Crippen molar-refractivity contribution < 1.29 is 9.59 Å². The molecule has 0 unspecified atom stereocenters. The summed E-state index contributed by atoms with van der Waals surface area (Å²) >= 11 is 1.49. The van der Waals surface area contributed by atoms with E-state index in [9.17, 15) is 9.59 Å². The lowest BCUT2D eigenvalue weighted by atomic mass is 10.1. The van der Waals surface area contributed by atoms with Gasteiger partial charge >= 0.3 is 0 Å². The molecule has 0 saturated carbocycles. The zero-order valence-electron chi connectivity index (χ0n) is 15.4. The van der Waals surface area contributed by atoms with Crippen LogP contribution >= 0.6 is 11.8 Å². The van der Waals surface area contributed by atoms with Gasteiger partial charge in [-0.15, -0.1) is 11.8 Å². The van der Waals surface area contributed by atoms with E-state index in [2.05, 4.69) is 5.32 Å². The number of benzene rings is 2. The van der Waals surface area contributed by atoms with Gasteiger partial charge in [-0.25, -0.2) is 0 Å². The van der Waals surface area contributed by atoms with Crippen LogP contribution in [-0.4, -0.2) is 35.1 Å². The van der Waals surface area contributed by atoms with Gasteiger partial charge in [0.25, 0.3) is 0 Å². The summed E-state index contributed by atoms with van der Waals surface area (Å²) in [6.07, 6.45) is 0.870. The topological polar surface area (TPSA) is 49.4 Å². The molecule has 0 heterocycles. The highest BCUT2D eigenvalue weighted by molar-refractivity contribution is 8.00. The molecule has 0 aromatic heterocycles. The fraction of sp³-hybridized carbons (Fsp3) is 0.333. The van der Waals surface area contributed by atoms with Gasteiger partial charge in [0, 0.05) is 18.0 Å². The zero-order valence-corrected chi connectivity index (χ0v) is 16.2. The normalized spacial score (nSPS) is 11.6. The van der Waals surface area contributed by atoms with Gasteiger partial charge in [0.15, 0.2) is 0 Å². The first-order valence-electron chi connectivity index (χ1n) is 8.90. The van der Waals surface area contributed by atoms with E-state index in [1.54, 1.807) is 11.8 Å². The second-order valence-electron chi connectivity index (χ2n) is 6.08. The van der Waals surface area contributed by atoms with Gasteiger partial charge in [-0.1, -0.05) is 55.5 Å². The number of hydrogen-bond donors (Lipinski definition) is 1. The lowest BCUT2D eigenvalue weighted by Gasteiger charge is -2.28. The number of thioether (sulfide) groups is 1. The minimum absolute atomic E-state index is 0.0399. The van der Waals surface area contributed by atoms with Crippen LogP contribution in [0.1, 0.15) is 25.8 Å². The Morgan fingerprint density at radius 2 is 1.65 bits per heavy atom. The molecule has 1 atom stereocenters. The van der Waals surface area contributed by atoms with E-state index >= 15 is 0 Å². The number of carbonyl (C=O) groups is 2. The summed E-state index contributed by atoms with van der Waals surface area (Å²) in [7, 11) is 0.